The highest BCUT2D eigenvalue weighted by molar-refractivity contribution is 7.09. The van der Waals surface area contributed by atoms with Crippen LogP contribution >= 0.6 is 22.9 Å². The highest BCUT2D eigenvalue weighted by atomic mass is 35.5. The Balaban J connectivity index is 2.25. The van der Waals surface area contributed by atoms with Gasteiger partial charge in [0.25, 0.3) is 0 Å². The van der Waals surface area contributed by atoms with Crippen molar-refractivity contribution < 1.29 is 0 Å². The van der Waals surface area contributed by atoms with Gasteiger partial charge in [-0.3, -0.25) is 0 Å². The van der Waals surface area contributed by atoms with Crippen LogP contribution in [0.3, 0.4) is 0 Å². The van der Waals surface area contributed by atoms with Gasteiger partial charge in [-0.1, -0.05) is 17.7 Å². The van der Waals surface area contributed by atoms with Gasteiger partial charge in [-0.2, -0.15) is 5.26 Å². The van der Waals surface area contributed by atoms with E-state index >= 15 is 0 Å². The Morgan fingerprint density at radius 3 is 2.88 bits per heavy atom. The molecule has 0 aliphatic carbocycles. The van der Waals surface area contributed by atoms with Crippen LogP contribution in [0.15, 0.2) is 35.7 Å². The average molecular weight is 263 g/mol. The Morgan fingerprint density at radius 2 is 2.24 bits per heavy atom. The summed E-state index contributed by atoms with van der Waals surface area (Å²) in [5.41, 5.74) is 1.52. The molecule has 4 heteroatoms. The maximum atomic E-state index is 9.09. The molecular formula is C13H11ClN2S. The SMILES string of the molecule is CN(Cc1cccs1)c1ccc(Cl)cc1C#N. The molecule has 86 valence electrons. The van der Waals surface area contributed by atoms with Crippen LogP contribution in [0, 0.1) is 11.3 Å². The zero-order valence-corrected chi connectivity index (χ0v) is 10.9. The number of hydrogen-bond donors (Lipinski definition) is 0. The summed E-state index contributed by atoms with van der Waals surface area (Å²) < 4.78 is 0. The fourth-order valence-corrected chi connectivity index (χ4v) is 2.58. The third-order valence-electron chi connectivity index (χ3n) is 2.46. The van der Waals surface area contributed by atoms with Crippen LogP contribution in [0.1, 0.15) is 10.4 Å². The van der Waals surface area contributed by atoms with Crippen molar-refractivity contribution in [2.24, 2.45) is 0 Å². The van der Waals surface area contributed by atoms with Gasteiger partial charge < -0.3 is 4.90 Å². The lowest BCUT2D eigenvalue weighted by Crippen LogP contribution is -2.16. The summed E-state index contributed by atoms with van der Waals surface area (Å²) in [6.07, 6.45) is 0. The van der Waals surface area contributed by atoms with Gasteiger partial charge in [0.2, 0.25) is 0 Å². The second-order valence-electron chi connectivity index (χ2n) is 3.71. The summed E-state index contributed by atoms with van der Waals surface area (Å²) in [6.45, 7) is 0.800. The molecule has 2 rings (SSSR count). The second-order valence-corrected chi connectivity index (χ2v) is 5.18. The Bertz CT molecular complexity index is 543. The molecule has 1 aromatic heterocycles. The normalized spacial score (nSPS) is 9.94. The van der Waals surface area contributed by atoms with E-state index in [1.807, 2.05) is 25.2 Å². The van der Waals surface area contributed by atoms with Crippen LogP contribution in [0.4, 0.5) is 5.69 Å². The van der Waals surface area contributed by atoms with Gasteiger partial charge in [0.1, 0.15) is 6.07 Å². The molecule has 0 saturated heterocycles. The second kappa shape index (κ2) is 5.22. The number of thiophene rings is 1. The van der Waals surface area contributed by atoms with Crippen molar-refractivity contribution in [2.75, 3.05) is 11.9 Å². The Morgan fingerprint density at radius 1 is 1.41 bits per heavy atom. The van der Waals surface area contributed by atoms with E-state index in [0.29, 0.717) is 10.6 Å². The molecule has 1 aromatic carbocycles. The van der Waals surface area contributed by atoms with E-state index in [1.165, 1.54) is 4.88 Å². The van der Waals surface area contributed by atoms with Gasteiger partial charge in [-0.05, 0) is 29.6 Å². The zero-order chi connectivity index (χ0) is 12.3. The minimum Gasteiger partial charge on any atom is -0.368 e. The molecule has 1 heterocycles. The molecule has 0 radical (unpaired) electrons. The standard InChI is InChI=1S/C13H11ClN2S/c1-16(9-12-3-2-6-17-12)13-5-4-11(14)7-10(13)8-15/h2-7H,9H2,1H3. The zero-order valence-electron chi connectivity index (χ0n) is 9.35. The Hall–Kier alpha value is -1.50. The number of anilines is 1. The molecule has 0 fully saturated rings. The molecule has 0 amide bonds. The first-order valence-electron chi connectivity index (χ1n) is 5.14. The van der Waals surface area contributed by atoms with Crippen molar-refractivity contribution in [3.63, 3.8) is 0 Å². The summed E-state index contributed by atoms with van der Waals surface area (Å²) in [6, 6.07) is 11.7. The molecule has 0 atom stereocenters. The first kappa shape index (κ1) is 12.0. The van der Waals surface area contributed by atoms with Gasteiger partial charge in [0, 0.05) is 16.9 Å². The topological polar surface area (TPSA) is 27.0 Å². The van der Waals surface area contributed by atoms with Crippen LogP contribution in [0.25, 0.3) is 0 Å². The molecule has 0 saturated carbocycles. The average Bonchev–Trinajstić information content (AvgIpc) is 2.81. The van der Waals surface area contributed by atoms with Crippen LogP contribution in [0.5, 0.6) is 0 Å². The number of rotatable bonds is 3. The fourth-order valence-electron chi connectivity index (χ4n) is 1.65. The van der Waals surface area contributed by atoms with E-state index in [-0.39, 0.29) is 0 Å². The smallest absolute Gasteiger partial charge is 0.101 e. The number of hydrogen-bond acceptors (Lipinski definition) is 3. The molecule has 0 unspecified atom stereocenters. The summed E-state index contributed by atoms with van der Waals surface area (Å²) in [4.78, 5) is 3.33. The summed E-state index contributed by atoms with van der Waals surface area (Å²) in [7, 11) is 1.98. The maximum Gasteiger partial charge on any atom is 0.101 e. The molecule has 0 bridgehead atoms. The van der Waals surface area contributed by atoms with Gasteiger partial charge >= 0.3 is 0 Å². The summed E-state index contributed by atoms with van der Waals surface area (Å²) in [5, 5.41) is 11.7. The molecule has 0 N–H and O–H groups in total. The highest BCUT2D eigenvalue weighted by Crippen LogP contribution is 2.24. The van der Waals surface area contributed by atoms with E-state index in [2.05, 4.69) is 22.4 Å². The van der Waals surface area contributed by atoms with Crippen LogP contribution < -0.4 is 4.90 Å². The van der Waals surface area contributed by atoms with E-state index in [0.717, 1.165) is 12.2 Å². The lowest BCUT2D eigenvalue weighted by Gasteiger charge is -2.19. The first-order chi connectivity index (χ1) is 8.20. The third kappa shape index (κ3) is 2.79. The van der Waals surface area contributed by atoms with E-state index in [4.69, 9.17) is 16.9 Å². The van der Waals surface area contributed by atoms with Gasteiger partial charge in [-0.25, -0.2) is 0 Å². The molecule has 0 spiro atoms. The van der Waals surface area contributed by atoms with E-state index in [1.54, 1.807) is 17.4 Å². The lowest BCUT2D eigenvalue weighted by molar-refractivity contribution is 0.938. The predicted molar refractivity (Wildman–Crippen MR) is 72.6 cm³/mol. The number of halogens is 1. The van der Waals surface area contributed by atoms with Crippen molar-refractivity contribution in [3.05, 3.63) is 51.2 Å². The molecule has 0 aliphatic heterocycles. The van der Waals surface area contributed by atoms with Crippen LogP contribution in [0.2, 0.25) is 5.02 Å². The van der Waals surface area contributed by atoms with Crippen LogP contribution in [-0.4, -0.2) is 7.05 Å². The predicted octanol–water partition coefficient (Wildman–Crippen LogP) is 3.91. The number of benzene rings is 1. The lowest BCUT2D eigenvalue weighted by atomic mass is 10.2. The molecule has 2 nitrogen and oxygen atoms in total. The minimum atomic E-state index is 0.592. The largest absolute Gasteiger partial charge is 0.368 e. The van der Waals surface area contributed by atoms with Gasteiger partial charge in [0.05, 0.1) is 17.8 Å². The van der Waals surface area contributed by atoms with E-state index in [9.17, 15) is 0 Å². The third-order valence-corrected chi connectivity index (χ3v) is 3.56. The molecular weight excluding hydrogens is 252 g/mol. The van der Waals surface area contributed by atoms with Crippen molar-refractivity contribution >= 4 is 28.6 Å². The van der Waals surface area contributed by atoms with E-state index < -0.39 is 0 Å². The van der Waals surface area contributed by atoms with Crippen molar-refractivity contribution in [1.29, 1.82) is 5.26 Å². The van der Waals surface area contributed by atoms with Crippen LogP contribution in [-0.2, 0) is 6.54 Å². The minimum absolute atomic E-state index is 0.592. The van der Waals surface area contributed by atoms with Crippen molar-refractivity contribution in [2.45, 2.75) is 6.54 Å². The molecule has 17 heavy (non-hydrogen) atoms. The fraction of sp³-hybridized carbons (Fsp3) is 0.154. The molecule has 0 aliphatic rings. The monoisotopic (exact) mass is 262 g/mol. The Labute approximate surface area is 110 Å². The molecule has 2 aromatic rings. The highest BCUT2D eigenvalue weighted by Gasteiger charge is 2.08. The summed E-state index contributed by atoms with van der Waals surface area (Å²) in [5.74, 6) is 0. The number of nitriles is 1. The quantitative estimate of drug-likeness (QED) is 0.839. The maximum absolute atomic E-state index is 9.09. The Kier molecular flexibility index (Phi) is 3.68. The summed E-state index contributed by atoms with van der Waals surface area (Å²) >= 11 is 7.59. The van der Waals surface area contributed by atoms with Gasteiger partial charge in [-0.15, -0.1) is 11.3 Å². The number of nitrogens with zero attached hydrogens (tertiary/aromatic N) is 2. The van der Waals surface area contributed by atoms with Gasteiger partial charge in [0.15, 0.2) is 0 Å². The van der Waals surface area contributed by atoms with Crippen molar-refractivity contribution in [1.82, 2.24) is 0 Å². The van der Waals surface area contributed by atoms with Crippen molar-refractivity contribution in [3.8, 4) is 6.07 Å². The first-order valence-corrected chi connectivity index (χ1v) is 6.39.